The molecule has 8 nitrogen and oxygen atoms in total. The van der Waals surface area contributed by atoms with Crippen LogP contribution >= 0.6 is 21.6 Å². The number of benzene rings is 2. The van der Waals surface area contributed by atoms with Crippen molar-refractivity contribution in [2.75, 3.05) is 0 Å². The van der Waals surface area contributed by atoms with E-state index in [0.29, 0.717) is 33.8 Å². The number of carbonyl (C=O) groups is 4. The second-order valence-corrected chi connectivity index (χ2v) is 10.5. The molecule has 2 aromatic rings. The lowest BCUT2D eigenvalue weighted by molar-refractivity contribution is -0.138. The maximum Gasteiger partial charge on any atom is 0.305 e. The fourth-order valence-corrected chi connectivity index (χ4v) is 6.00. The predicted octanol–water partition coefficient (Wildman–Crippen LogP) is 5.23. The van der Waals surface area contributed by atoms with Crippen LogP contribution in [0.5, 0.6) is 0 Å². The van der Waals surface area contributed by atoms with Gasteiger partial charge in [-0.1, -0.05) is 72.5 Å². The normalized spacial score (nSPS) is 12.4. The molecule has 10 heteroatoms. The van der Waals surface area contributed by atoms with E-state index in [1.807, 2.05) is 13.8 Å². The quantitative estimate of drug-likeness (QED) is 0.229. The van der Waals surface area contributed by atoms with Crippen molar-refractivity contribution >= 4 is 45.3 Å². The first-order valence-corrected chi connectivity index (χ1v) is 14.0. The zero-order valence-corrected chi connectivity index (χ0v) is 22.0. The van der Waals surface area contributed by atoms with Gasteiger partial charge in [0.2, 0.25) is 0 Å². The molecular formula is C26H32N2O6S2. The third kappa shape index (κ3) is 9.58. The van der Waals surface area contributed by atoms with Crippen molar-refractivity contribution < 1.29 is 29.4 Å². The molecule has 194 valence electrons. The van der Waals surface area contributed by atoms with Gasteiger partial charge in [-0.3, -0.25) is 19.2 Å². The molecule has 0 unspecified atom stereocenters. The molecule has 2 aromatic carbocycles. The minimum Gasteiger partial charge on any atom is -0.481 e. The average molecular weight is 533 g/mol. The molecule has 0 bridgehead atoms. The maximum atomic E-state index is 13.0. The maximum absolute atomic E-state index is 13.0. The Balaban J connectivity index is 2.16. The lowest BCUT2D eigenvalue weighted by Gasteiger charge is -2.18. The van der Waals surface area contributed by atoms with Crippen LogP contribution in [0.25, 0.3) is 0 Å². The van der Waals surface area contributed by atoms with Crippen molar-refractivity contribution in [3.8, 4) is 0 Å². The van der Waals surface area contributed by atoms with Crippen LogP contribution in [-0.4, -0.2) is 46.0 Å². The van der Waals surface area contributed by atoms with E-state index in [1.54, 1.807) is 48.5 Å². The van der Waals surface area contributed by atoms with Crippen LogP contribution in [0, 0.1) is 0 Å². The minimum atomic E-state index is -0.966. The number of rotatable bonds is 15. The van der Waals surface area contributed by atoms with Crippen molar-refractivity contribution in [2.24, 2.45) is 0 Å². The van der Waals surface area contributed by atoms with Gasteiger partial charge in [0.05, 0.1) is 24.0 Å². The largest absolute Gasteiger partial charge is 0.481 e. The van der Waals surface area contributed by atoms with Crippen LogP contribution in [0.4, 0.5) is 0 Å². The molecule has 0 saturated carbocycles. The van der Waals surface area contributed by atoms with Gasteiger partial charge in [0.15, 0.2) is 0 Å². The zero-order chi connectivity index (χ0) is 26.5. The Bertz CT molecular complexity index is 979. The third-order valence-corrected chi connectivity index (χ3v) is 7.75. The number of aliphatic carboxylic acids is 2. The molecule has 4 N–H and O–H groups in total. The Morgan fingerprint density at radius 2 is 1.06 bits per heavy atom. The topological polar surface area (TPSA) is 133 Å². The molecule has 0 fully saturated rings. The summed E-state index contributed by atoms with van der Waals surface area (Å²) in [6.45, 7) is 3.86. The van der Waals surface area contributed by atoms with Crippen LogP contribution in [0.1, 0.15) is 73.1 Å². The summed E-state index contributed by atoms with van der Waals surface area (Å²) in [7, 11) is 2.64. The first kappa shape index (κ1) is 29.3. The van der Waals surface area contributed by atoms with E-state index in [4.69, 9.17) is 10.2 Å². The highest BCUT2D eigenvalue weighted by atomic mass is 33.1. The Kier molecular flexibility index (Phi) is 12.4. The molecule has 0 radical (unpaired) electrons. The van der Waals surface area contributed by atoms with Crippen molar-refractivity contribution in [3.05, 3.63) is 59.7 Å². The molecular weight excluding hydrogens is 500 g/mol. The second-order valence-electron chi connectivity index (χ2n) is 8.27. The fourth-order valence-electron chi connectivity index (χ4n) is 3.64. The zero-order valence-electron chi connectivity index (χ0n) is 20.4. The molecule has 2 atom stereocenters. The van der Waals surface area contributed by atoms with E-state index >= 15 is 0 Å². The van der Waals surface area contributed by atoms with Crippen molar-refractivity contribution in [2.45, 2.75) is 74.2 Å². The molecule has 0 spiro atoms. The van der Waals surface area contributed by atoms with Crippen LogP contribution in [-0.2, 0) is 9.59 Å². The Morgan fingerprint density at radius 3 is 1.39 bits per heavy atom. The summed E-state index contributed by atoms with van der Waals surface area (Å²) in [5.41, 5.74) is 0.848. The van der Waals surface area contributed by atoms with Crippen LogP contribution in [0.2, 0.25) is 0 Å². The third-order valence-electron chi connectivity index (χ3n) is 5.27. The van der Waals surface area contributed by atoms with Gasteiger partial charge in [0, 0.05) is 21.9 Å². The van der Waals surface area contributed by atoms with Gasteiger partial charge in [-0.05, 0) is 37.1 Å². The summed E-state index contributed by atoms with van der Waals surface area (Å²) in [5.74, 6) is -2.63. The minimum absolute atomic E-state index is 0.146. The Labute approximate surface area is 219 Å². The molecule has 0 aliphatic rings. The van der Waals surface area contributed by atoms with Crippen molar-refractivity contribution in [3.63, 3.8) is 0 Å². The second kappa shape index (κ2) is 15.2. The highest BCUT2D eigenvalue weighted by Crippen LogP contribution is 2.40. The highest BCUT2D eigenvalue weighted by molar-refractivity contribution is 8.76. The van der Waals surface area contributed by atoms with Crippen LogP contribution < -0.4 is 10.6 Å². The van der Waals surface area contributed by atoms with Gasteiger partial charge < -0.3 is 20.8 Å². The van der Waals surface area contributed by atoms with E-state index < -0.39 is 24.0 Å². The summed E-state index contributed by atoms with van der Waals surface area (Å²) in [5, 5.41) is 23.9. The van der Waals surface area contributed by atoms with Gasteiger partial charge in [0.25, 0.3) is 11.8 Å². The summed E-state index contributed by atoms with van der Waals surface area (Å²) >= 11 is 0. The van der Waals surface area contributed by atoms with Crippen LogP contribution in [0.3, 0.4) is 0 Å². The lowest BCUT2D eigenvalue weighted by atomic mass is 10.1. The lowest BCUT2D eigenvalue weighted by Crippen LogP contribution is -2.36. The molecule has 0 aliphatic carbocycles. The smallest absolute Gasteiger partial charge is 0.305 e. The predicted molar refractivity (Wildman–Crippen MR) is 141 cm³/mol. The van der Waals surface area contributed by atoms with Gasteiger partial charge in [-0.25, -0.2) is 0 Å². The van der Waals surface area contributed by atoms with E-state index in [9.17, 15) is 19.2 Å². The molecule has 0 aliphatic heterocycles. The number of carbonyl (C=O) groups excluding carboxylic acids is 2. The first-order valence-electron chi connectivity index (χ1n) is 11.8. The Morgan fingerprint density at radius 1 is 0.694 bits per heavy atom. The molecule has 0 heterocycles. The summed E-state index contributed by atoms with van der Waals surface area (Å²) < 4.78 is 0. The van der Waals surface area contributed by atoms with Gasteiger partial charge >= 0.3 is 11.9 Å². The Hall–Kier alpha value is -2.98. The molecule has 0 aromatic heterocycles. The van der Waals surface area contributed by atoms with Crippen molar-refractivity contribution in [1.82, 2.24) is 10.6 Å². The number of carboxylic acids is 2. The van der Waals surface area contributed by atoms with Gasteiger partial charge in [-0.15, -0.1) is 0 Å². The molecule has 2 rings (SSSR count). The standard InChI is InChI=1S/C26H32N2O6S2/c1-3-9-17(15-23(29)30)27-25(33)19-11-5-7-13-21(19)35-36-22-14-8-6-12-20(22)26(34)28-18(10-4-2)16-24(31)32/h5-8,11-14,17-18H,3-4,9-10,15-16H2,1-2H3,(H,27,33)(H,28,34)(H,29,30)(H,31,32)/t17-,18-/m0/s1. The van der Waals surface area contributed by atoms with Crippen molar-refractivity contribution in [1.29, 1.82) is 0 Å². The number of amides is 2. The first-order chi connectivity index (χ1) is 17.2. The highest BCUT2D eigenvalue weighted by Gasteiger charge is 2.21. The van der Waals surface area contributed by atoms with E-state index in [2.05, 4.69) is 10.6 Å². The molecule has 0 saturated heterocycles. The molecule has 2 amide bonds. The fraction of sp³-hybridized carbons (Fsp3) is 0.385. The van der Waals surface area contributed by atoms with Gasteiger partial charge in [0.1, 0.15) is 0 Å². The van der Waals surface area contributed by atoms with E-state index in [1.165, 1.54) is 21.6 Å². The van der Waals surface area contributed by atoms with Gasteiger partial charge in [-0.2, -0.15) is 0 Å². The monoisotopic (exact) mass is 532 g/mol. The number of nitrogens with one attached hydrogen (secondary N) is 2. The summed E-state index contributed by atoms with van der Waals surface area (Å²) in [4.78, 5) is 49.6. The van der Waals surface area contributed by atoms with Crippen LogP contribution in [0.15, 0.2) is 58.3 Å². The number of hydrogen-bond acceptors (Lipinski definition) is 6. The summed E-state index contributed by atoms with van der Waals surface area (Å²) in [6.07, 6.45) is 2.32. The number of carboxylic acid groups (broad SMARTS) is 2. The SMILES string of the molecule is CCC[C@@H](CC(=O)O)NC(=O)c1ccccc1SSc1ccccc1C(=O)N[C@@H](CCC)CC(=O)O. The number of hydrogen-bond donors (Lipinski definition) is 4. The molecule has 36 heavy (non-hydrogen) atoms. The summed E-state index contributed by atoms with van der Waals surface area (Å²) in [6, 6.07) is 13.1. The van der Waals surface area contributed by atoms with E-state index in [-0.39, 0.29) is 24.7 Å². The average Bonchev–Trinajstić information content (AvgIpc) is 2.82. The van der Waals surface area contributed by atoms with E-state index in [0.717, 1.165) is 12.8 Å².